The average molecular weight is 488 g/mol. The number of benzene rings is 3. The predicted molar refractivity (Wildman–Crippen MR) is 151 cm³/mol. The highest BCUT2D eigenvalue weighted by Gasteiger charge is 2.23. The Kier molecular flexibility index (Phi) is 5.35. The van der Waals surface area contributed by atoms with E-state index >= 15 is 0 Å². The molecule has 36 heavy (non-hydrogen) atoms. The minimum Gasteiger partial charge on any atom is -0.312 e. The maximum Gasteiger partial charge on any atom is 0.157 e. The van der Waals surface area contributed by atoms with Gasteiger partial charge in [0.2, 0.25) is 0 Å². The van der Waals surface area contributed by atoms with Crippen LogP contribution in [0.2, 0.25) is 0 Å². The number of fused-ring (bicyclic) bond motifs is 3. The zero-order valence-corrected chi connectivity index (χ0v) is 21.4. The minimum atomic E-state index is -2.83. The van der Waals surface area contributed by atoms with Gasteiger partial charge in [0.1, 0.15) is 11.3 Å². The minimum absolute atomic E-state index is 0.631. The third-order valence-electron chi connectivity index (χ3n) is 6.81. The maximum atomic E-state index is 13.8. The number of aromatic nitrogens is 3. The van der Waals surface area contributed by atoms with E-state index in [1.54, 1.807) is 12.9 Å². The molecule has 3 aromatic carbocycles. The van der Waals surface area contributed by atoms with Crippen molar-refractivity contribution in [2.45, 2.75) is 13.8 Å². The number of nitrogens with zero attached hydrogens (tertiary/aromatic N) is 3. The molecule has 4 nitrogen and oxygen atoms in total. The fourth-order valence-electron chi connectivity index (χ4n) is 4.84. The number of hydrogen-bond acceptors (Lipinski definition) is 3. The van der Waals surface area contributed by atoms with Gasteiger partial charge in [-0.1, -0.05) is 54.6 Å². The van der Waals surface area contributed by atoms with Gasteiger partial charge in [-0.05, 0) is 79.2 Å². The van der Waals surface area contributed by atoms with Crippen LogP contribution < -0.4 is 10.7 Å². The number of aryl methyl sites for hydroxylation is 2. The molecule has 0 aliphatic carbocycles. The lowest BCUT2D eigenvalue weighted by molar-refractivity contribution is 0.590. The second-order valence-corrected chi connectivity index (χ2v) is 12.3. The lowest BCUT2D eigenvalue weighted by atomic mass is 10.0. The SMILES string of the molecule is Cc1ccc(P(C)(=O)c2cccc(-c3ccc4c5ccccc5n(-c5cc(C)ccn5)c4c3)c2)nc1. The smallest absolute Gasteiger partial charge is 0.157 e. The molecule has 6 rings (SSSR count). The predicted octanol–water partition coefficient (Wildman–Crippen LogP) is 6.80. The standard InChI is InChI=1S/C31H26N3OP/c1-21-15-16-32-30(17-21)34-28-10-5-4-9-26(28)27-13-12-24(19-29(27)34)23-7-6-8-25(18-23)36(3,35)31-14-11-22(2)20-33-31/h4-20H,1-3H3. The molecule has 0 saturated heterocycles. The molecule has 0 spiro atoms. The summed E-state index contributed by atoms with van der Waals surface area (Å²) in [5.41, 5.74) is 7.16. The quantitative estimate of drug-likeness (QED) is 0.257. The van der Waals surface area contributed by atoms with Crippen molar-refractivity contribution in [2.75, 3.05) is 6.66 Å². The van der Waals surface area contributed by atoms with E-state index in [9.17, 15) is 4.57 Å². The number of hydrogen-bond donors (Lipinski definition) is 0. The second kappa shape index (κ2) is 8.58. The van der Waals surface area contributed by atoms with Crippen LogP contribution in [0, 0.1) is 13.8 Å². The van der Waals surface area contributed by atoms with Crippen molar-refractivity contribution in [3.63, 3.8) is 0 Å². The van der Waals surface area contributed by atoms with Gasteiger partial charge in [0.15, 0.2) is 7.14 Å². The van der Waals surface area contributed by atoms with E-state index in [1.807, 2.05) is 49.5 Å². The number of para-hydroxylation sites is 1. The first-order chi connectivity index (χ1) is 17.4. The van der Waals surface area contributed by atoms with Crippen molar-refractivity contribution in [3.8, 4) is 16.9 Å². The Hall–Kier alpha value is -4.01. The molecule has 1 atom stereocenters. The Labute approximate surface area is 210 Å². The Morgan fingerprint density at radius 1 is 0.694 bits per heavy atom. The topological polar surface area (TPSA) is 47.8 Å². The second-order valence-electron chi connectivity index (χ2n) is 9.44. The highest BCUT2D eigenvalue weighted by atomic mass is 31.2. The first-order valence-electron chi connectivity index (χ1n) is 12.0. The van der Waals surface area contributed by atoms with Crippen LogP contribution in [0.1, 0.15) is 11.1 Å². The van der Waals surface area contributed by atoms with Gasteiger partial charge in [-0.15, -0.1) is 0 Å². The van der Waals surface area contributed by atoms with E-state index in [-0.39, 0.29) is 0 Å². The molecule has 3 heterocycles. The van der Waals surface area contributed by atoms with Crippen LogP contribution in [0.15, 0.2) is 103 Å². The van der Waals surface area contributed by atoms with Gasteiger partial charge in [0.25, 0.3) is 0 Å². The van der Waals surface area contributed by atoms with Gasteiger partial charge >= 0.3 is 0 Å². The van der Waals surface area contributed by atoms with Crippen molar-refractivity contribution in [1.82, 2.24) is 14.5 Å². The van der Waals surface area contributed by atoms with Gasteiger partial charge in [0.05, 0.1) is 11.0 Å². The molecule has 5 heteroatoms. The van der Waals surface area contributed by atoms with Crippen LogP contribution in [0.4, 0.5) is 0 Å². The first kappa shape index (κ1) is 22.5. The van der Waals surface area contributed by atoms with E-state index in [0.717, 1.165) is 38.8 Å². The molecular weight excluding hydrogens is 461 g/mol. The van der Waals surface area contributed by atoms with E-state index in [0.29, 0.717) is 5.44 Å². The summed E-state index contributed by atoms with van der Waals surface area (Å²) in [4.78, 5) is 9.16. The Bertz CT molecular complexity index is 1800. The van der Waals surface area contributed by atoms with E-state index in [1.165, 1.54) is 16.3 Å². The Morgan fingerprint density at radius 2 is 1.50 bits per heavy atom. The van der Waals surface area contributed by atoms with Gasteiger partial charge in [0, 0.05) is 28.5 Å². The van der Waals surface area contributed by atoms with Gasteiger partial charge < -0.3 is 4.57 Å². The lowest BCUT2D eigenvalue weighted by Gasteiger charge is -2.15. The molecule has 0 aliphatic rings. The van der Waals surface area contributed by atoms with Crippen molar-refractivity contribution in [1.29, 1.82) is 0 Å². The van der Waals surface area contributed by atoms with Crippen LogP contribution in [-0.2, 0) is 4.57 Å². The highest BCUT2D eigenvalue weighted by Crippen LogP contribution is 2.39. The summed E-state index contributed by atoms with van der Waals surface area (Å²) in [6.45, 7) is 5.87. The fourth-order valence-corrected chi connectivity index (χ4v) is 6.49. The van der Waals surface area contributed by atoms with Crippen molar-refractivity contribution in [2.24, 2.45) is 0 Å². The molecule has 0 radical (unpaired) electrons. The van der Waals surface area contributed by atoms with E-state index in [2.05, 4.69) is 76.1 Å². The molecule has 0 amide bonds. The maximum absolute atomic E-state index is 13.8. The summed E-state index contributed by atoms with van der Waals surface area (Å²) in [6, 6.07) is 31.0. The molecule has 6 aromatic rings. The summed E-state index contributed by atoms with van der Waals surface area (Å²) in [6.07, 6.45) is 3.64. The van der Waals surface area contributed by atoms with Crippen molar-refractivity contribution < 1.29 is 4.57 Å². The van der Waals surface area contributed by atoms with Crippen LogP contribution in [0.3, 0.4) is 0 Å². The molecule has 0 saturated carbocycles. The fraction of sp³-hybridized carbons (Fsp3) is 0.0968. The van der Waals surface area contributed by atoms with Crippen molar-refractivity contribution in [3.05, 3.63) is 115 Å². The molecule has 176 valence electrons. The van der Waals surface area contributed by atoms with Gasteiger partial charge in [-0.25, -0.2) is 4.98 Å². The molecule has 0 fully saturated rings. The zero-order chi connectivity index (χ0) is 24.9. The van der Waals surface area contributed by atoms with Crippen LogP contribution in [0.5, 0.6) is 0 Å². The monoisotopic (exact) mass is 487 g/mol. The third kappa shape index (κ3) is 3.75. The summed E-state index contributed by atoms with van der Waals surface area (Å²) in [7, 11) is -2.83. The van der Waals surface area contributed by atoms with Gasteiger partial charge in [-0.2, -0.15) is 0 Å². The lowest BCUT2D eigenvalue weighted by Crippen LogP contribution is -2.18. The Morgan fingerprint density at radius 3 is 2.31 bits per heavy atom. The summed E-state index contributed by atoms with van der Waals surface area (Å²) < 4.78 is 16.1. The largest absolute Gasteiger partial charge is 0.312 e. The van der Waals surface area contributed by atoms with Crippen molar-refractivity contribution >= 4 is 39.7 Å². The Balaban J connectivity index is 1.53. The van der Waals surface area contributed by atoms with Crippen LogP contribution in [-0.4, -0.2) is 21.2 Å². The molecule has 1 unspecified atom stereocenters. The normalized spacial score (nSPS) is 13.2. The summed E-state index contributed by atoms with van der Waals surface area (Å²) in [5.74, 6) is 0.899. The van der Waals surface area contributed by atoms with Gasteiger partial charge in [-0.3, -0.25) is 9.55 Å². The number of rotatable bonds is 4. The molecule has 0 N–H and O–H groups in total. The first-order valence-corrected chi connectivity index (χ1v) is 14.2. The average Bonchev–Trinajstić information content (AvgIpc) is 3.23. The van der Waals surface area contributed by atoms with Crippen LogP contribution >= 0.6 is 7.14 Å². The third-order valence-corrected chi connectivity index (χ3v) is 9.21. The number of pyridine rings is 2. The molecular formula is C31H26N3OP. The molecule has 0 aliphatic heterocycles. The van der Waals surface area contributed by atoms with Crippen LogP contribution in [0.25, 0.3) is 38.8 Å². The zero-order valence-electron chi connectivity index (χ0n) is 20.5. The summed E-state index contributed by atoms with van der Waals surface area (Å²) >= 11 is 0. The van der Waals surface area contributed by atoms with E-state index in [4.69, 9.17) is 0 Å². The highest BCUT2D eigenvalue weighted by molar-refractivity contribution is 7.77. The molecule has 0 bridgehead atoms. The molecule has 3 aromatic heterocycles. The van der Waals surface area contributed by atoms with E-state index < -0.39 is 7.14 Å². The summed E-state index contributed by atoms with van der Waals surface area (Å²) in [5, 5.41) is 3.18.